The molecule has 1 fully saturated rings. The molecular weight excluding hydrogens is 440 g/mol. The maximum Gasteiger partial charge on any atom is 0.295 e. The first-order chi connectivity index (χ1) is 16.0. The minimum absolute atomic E-state index is 0.0465. The fraction of sp³-hybridized carbons (Fsp3) is 0.167. The first-order valence-corrected chi connectivity index (χ1v) is 11.3. The largest absolute Gasteiger partial charge is 0.493 e. The van der Waals surface area contributed by atoms with Crippen molar-refractivity contribution < 1.29 is 19.1 Å². The third-order valence-corrected chi connectivity index (χ3v) is 6.86. The molecule has 4 aromatic rings. The van der Waals surface area contributed by atoms with Crippen molar-refractivity contribution in [3.05, 3.63) is 83.8 Å². The minimum atomic E-state index is -0.517. The molecule has 1 aliphatic rings. The molecule has 0 unspecified atom stereocenters. The number of amides is 2. The molecule has 0 saturated carbocycles. The van der Waals surface area contributed by atoms with Gasteiger partial charge in [-0.3, -0.25) is 9.59 Å². The van der Waals surface area contributed by atoms with Gasteiger partial charge >= 0.3 is 0 Å². The van der Waals surface area contributed by atoms with Crippen molar-refractivity contribution in [2.75, 3.05) is 5.75 Å². The predicted molar refractivity (Wildman–Crippen MR) is 124 cm³/mol. The van der Waals surface area contributed by atoms with Crippen LogP contribution in [-0.2, 0) is 18.4 Å². The first kappa shape index (κ1) is 21.0. The number of hydrogen-bond donors (Lipinski definition) is 1. The van der Waals surface area contributed by atoms with Crippen LogP contribution in [0.4, 0.5) is 5.69 Å². The molecule has 1 N–H and O–H groups in total. The Balaban J connectivity index is 1.34. The molecule has 0 radical (unpaired) electrons. The third kappa shape index (κ3) is 3.91. The van der Waals surface area contributed by atoms with Gasteiger partial charge in [0.1, 0.15) is 11.1 Å². The van der Waals surface area contributed by atoms with Gasteiger partial charge < -0.3 is 19.0 Å². The average molecular weight is 461 g/mol. The van der Waals surface area contributed by atoms with Crippen LogP contribution < -0.4 is 0 Å². The number of azo groups is 1. The number of carbonyl (C=O) groups is 2. The Morgan fingerprint density at radius 3 is 2.70 bits per heavy atom. The van der Waals surface area contributed by atoms with E-state index in [1.54, 1.807) is 41.0 Å². The molecule has 9 heteroatoms. The van der Waals surface area contributed by atoms with Crippen molar-refractivity contribution in [2.45, 2.75) is 11.9 Å². The summed E-state index contributed by atoms with van der Waals surface area (Å²) in [5.41, 5.74) is 2.34. The zero-order chi connectivity index (χ0) is 22.9. The topological polar surface area (TPSA) is 100 Å². The standard InChI is InChI=1S/C24H20N4O4S/c1-27-19-7-3-2-6-18(19)21(23(27)31)25-26-22(30)15-8-10-16(11-9-15)24-28(20(29)14-33-24)13-17-5-4-12-32-17/h2-12,24,31H,13-14H2,1H3/t24-/m0/s1. The molecule has 2 amide bonds. The number of rotatable bonds is 5. The number of aromatic hydroxyl groups is 1. The number of benzene rings is 2. The number of furan rings is 1. The molecule has 1 atom stereocenters. The number of fused-ring (bicyclic) bond motifs is 1. The number of hydrogen-bond acceptors (Lipinski definition) is 6. The zero-order valence-corrected chi connectivity index (χ0v) is 18.5. The van der Waals surface area contributed by atoms with Gasteiger partial charge in [-0.2, -0.15) is 0 Å². The van der Waals surface area contributed by atoms with Crippen LogP contribution >= 0.6 is 11.8 Å². The summed E-state index contributed by atoms with van der Waals surface area (Å²) in [5.74, 6) is 0.596. The summed E-state index contributed by atoms with van der Waals surface area (Å²) in [5, 5.41) is 18.8. The highest BCUT2D eigenvalue weighted by Crippen LogP contribution is 2.40. The van der Waals surface area contributed by atoms with E-state index in [-0.39, 0.29) is 22.8 Å². The van der Waals surface area contributed by atoms with Crippen LogP contribution in [0.1, 0.15) is 27.1 Å². The van der Waals surface area contributed by atoms with Gasteiger partial charge in [0.25, 0.3) is 5.91 Å². The number of thioether (sulfide) groups is 1. The second kappa shape index (κ2) is 8.59. The van der Waals surface area contributed by atoms with Crippen LogP contribution in [0, 0.1) is 0 Å². The number of para-hydroxylation sites is 1. The van der Waals surface area contributed by atoms with Gasteiger partial charge in [-0.15, -0.1) is 22.0 Å². The summed E-state index contributed by atoms with van der Waals surface area (Å²) in [7, 11) is 1.72. The minimum Gasteiger partial charge on any atom is -0.493 e. The molecule has 166 valence electrons. The maximum absolute atomic E-state index is 12.6. The molecule has 3 heterocycles. The molecule has 0 aliphatic carbocycles. The van der Waals surface area contributed by atoms with Gasteiger partial charge in [-0.1, -0.05) is 30.3 Å². The Kier molecular flexibility index (Phi) is 5.47. The second-order valence-corrected chi connectivity index (χ2v) is 8.71. The third-order valence-electron chi connectivity index (χ3n) is 5.61. The Labute approximate surface area is 193 Å². The molecular formula is C24H20N4O4S. The van der Waals surface area contributed by atoms with E-state index in [0.717, 1.165) is 16.8 Å². The van der Waals surface area contributed by atoms with E-state index in [2.05, 4.69) is 10.2 Å². The van der Waals surface area contributed by atoms with Crippen LogP contribution in [0.15, 0.2) is 81.6 Å². The molecule has 8 nitrogen and oxygen atoms in total. The van der Waals surface area contributed by atoms with Gasteiger partial charge in [0.15, 0.2) is 5.69 Å². The van der Waals surface area contributed by atoms with Crippen molar-refractivity contribution in [1.82, 2.24) is 9.47 Å². The molecule has 33 heavy (non-hydrogen) atoms. The SMILES string of the molecule is Cn1c(O)c(N=NC(=O)c2ccc([C@@H]3SCC(=O)N3Cc3ccco3)cc2)c2ccccc21. The lowest BCUT2D eigenvalue weighted by atomic mass is 10.1. The van der Waals surface area contributed by atoms with Crippen LogP contribution in [0.25, 0.3) is 10.9 Å². The summed E-state index contributed by atoms with van der Waals surface area (Å²) in [6.07, 6.45) is 1.59. The highest BCUT2D eigenvalue weighted by Gasteiger charge is 2.33. The lowest BCUT2D eigenvalue weighted by molar-refractivity contribution is -0.128. The lowest BCUT2D eigenvalue weighted by Crippen LogP contribution is -2.27. The Bertz CT molecular complexity index is 1360. The van der Waals surface area contributed by atoms with E-state index < -0.39 is 5.91 Å². The quantitative estimate of drug-likeness (QED) is 0.414. The molecule has 5 rings (SSSR count). The number of carbonyl (C=O) groups excluding carboxylic acids is 2. The number of aryl methyl sites for hydroxylation is 1. The highest BCUT2D eigenvalue weighted by molar-refractivity contribution is 8.00. The number of nitrogens with zero attached hydrogens (tertiary/aromatic N) is 4. The summed E-state index contributed by atoms with van der Waals surface area (Å²) in [4.78, 5) is 26.7. The van der Waals surface area contributed by atoms with Gasteiger partial charge in [0.05, 0.1) is 24.1 Å². The summed E-state index contributed by atoms with van der Waals surface area (Å²) in [6, 6.07) is 18.0. The fourth-order valence-electron chi connectivity index (χ4n) is 3.87. The molecule has 2 aromatic heterocycles. The monoisotopic (exact) mass is 460 g/mol. The van der Waals surface area contributed by atoms with Gasteiger partial charge in [-0.05, 0) is 35.9 Å². The zero-order valence-electron chi connectivity index (χ0n) is 17.7. The normalized spacial score (nSPS) is 16.3. The summed E-state index contributed by atoms with van der Waals surface area (Å²) < 4.78 is 6.98. The van der Waals surface area contributed by atoms with Crippen LogP contribution in [0.5, 0.6) is 5.88 Å². The Hall–Kier alpha value is -3.85. The van der Waals surface area contributed by atoms with E-state index in [1.807, 2.05) is 42.5 Å². The molecule has 0 bridgehead atoms. The van der Waals surface area contributed by atoms with Crippen LogP contribution in [0.2, 0.25) is 0 Å². The number of aromatic nitrogens is 1. The Morgan fingerprint density at radius 1 is 1.15 bits per heavy atom. The van der Waals surface area contributed by atoms with Crippen molar-refractivity contribution in [1.29, 1.82) is 0 Å². The predicted octanol–water partition coefficient (Wildman–Crippen LogP) is 5.18. The van der Waals surface area contributed by atoms with Crippen LogP contribution in [-0.4, -0.2) is 32.1 Å². The van der Waals surface area contributed by atoms with Crippen molar-refractivity contribution in [3.63, 3.8) is 0 Å². The molecule has 1 aliphatic heterocycles. The van der Waals surface area contributed by atoms with Crippen molar-refractivity contribution in [2.24, 2.45) is 17.3 Å². The van der Waals surface area contributed by atoms with E-state index in [9.17, 15) is 14.7 Å². The van der Waals surface area contributed by atoms with Gasteiger partial charge in [-0.25, -0.2) is 0 Å². The van der Waals surface area contributed by atoms with Crippen molar-refractivity contribution in [3.8, 4) is 5.88 Å². The summed E-state index contributed by atoms with van der Waals surface area (Å²) in [6.45, 7) is 0.396. The van der Waals surface area contributed by atoms with Gasteiger partial charge in [0.2, 0.25) is 11.8 Å². The van der Waals surface area contributed by atoms with E-state index >= 15 is 0 Å². The van der Waals surface area contributed by atoms with Crippen LogP contribution in [0.3, 0.4) is 0 Å². The maximum atomic E-state index is 12.6. The smallest absolute Gasteiger partial charge is 0.295 e. The lowest BCUT2D eigenvalue weighted by Gasteiger charge is -2.23. The second-order valence-electron chi connectivity index (χ2n) is 7.64. The first-order valence-electron chi connectivity index (χ1n) is 10.3. The highest BCUT2D eigenvalue weighted by atomic mass is 32.2. The molecule has 1 saturated heterocycles. The van der Waals surface area contributed by atoms with Crippen molar-refractivity contribution >= 4 is 40.2 Å². The Morgan fingerprint density at radius 2 is 1.94 bits per heavy atom. The molecule has 0 spiro atoms. The molecule has 2 aromatic carbocycles. The van der Waals surface area contributed by atoms with Gasteiger partial charge in [0, 0.05) is 18.0 Å². The van der Waals surface area contributed by atoms with E-state index in [1.165, 1.54) is 11.8 Å². The summed E-state index contributed by atoms with van der Waals surface area (Å²) >= 11 is 1.54. The fourth-order valence-corrected chi connectivity index (χ4v) is 5.06. The van der Waals surface area contributed by atoms with E-state index in [0.29, 0.717) is 23.2 Å². The average Bonchev–Trinajstić information content (AvgIpc) is 3.54. The van der Waals surface area contributed by atoms with E-state index in [4.69, 9.17) is 4.42 Å².